The minimum atomic E-state index is -0.237. The zero-order chi connectivity index (χ0) is 19.0. The summed E-state index contributed by atoms with van der Waals surface area (Å²) in [5, 5.41) is 3.48. The molecule has 3 aromatic rings. The first kappa shape index (κ1) is 18.3. The van der Waals surface area contributed by atoms with Crippen LogP contribution in [0.1, 0.15) is 42.0 Å². The lowest BCUT2D eigenvalue weighted by Crippen LogP contribution is -2.07. The smallest absolute Gasteiger partial charge is 0.310 e. The van der Waals surface area contributed by atoms with Crippen molar-refractivity contribution in [3.8, 4) is 5.75 Å². The topological polar surface area (TPSA) is 48.4 Å². The monoisotopic (exact) mass is 401 g/mol. The van der Waals surface area contributed by atoms with Crippen LogP contribution in [0.5, 0.6) is 5.75 Å². The normalized spacial score (nSPS) is 15.7. The van der Waals surface area contributed by atoms with Crippen LogP contribution >= 0.6 is 22.9 Å². The Morgan fingerprint density at radius 2 is 2.22 bits per heavy atom. The third-order valence-electron chi connectivity index (χ3n) is 4.73. The molecule has 0 fully saturated rings. The van der Waals surface area contributed by atoms with Gasteiger partial charge in [-0.25, -0.2) is 0 Å². The van der Waals surface area contributed by atoms with E-state index in [1.807, 2.05) is 30.5 Å². The molecule has 0 N–H and O–H groups in total. The first-order chi connectivity index (χ1) is 13.0. The summed E-state index contributed by atoms with van der Waals surface area (Å²) in [6, 6.07) is 7.97. The molecule has 0 amide bonds. The maximum atomic E-state index is 11.8. The number of esters is 1. The average molecular weight is 402 g/mol. The van der Waals surface area contributed by atoms with Crippen molar-refractivity contribution in [3.05, 3.63) is 57.2 Å². The number of halogens is 1. The van der Waals surface area contributed by atoms with Crippen molar-refractivity contribution in [1.29, 1.82) is 0 Å². The number of aryl methyl sites for hydroxylation is 2. The molecule has 2 heterocycles. The molecule has 1 unspecified atom stereocenters. The Kier molecular flexibility index (Phi) is 5.06. The Labute approximate surface area is 167 Å². The van der Waals surface area contributed by atoms with Gasteiger partial charge in [0.15, 0.2) is 0 Å². The molecule has 140 valence electrons. The molecule has 0 radical (unpaired) electrons. The Morgan fingerprint density at radius 3 is 3.04 bits per heavy atom. The SMILES string of the molecule is CCOC(=O)Cc1csc2cc(OC3CCc4nc(C)ccc43)cc(Cl)c12. The van der Waals surface area contributed by atoms with Gasteiger partial charge in [-0.1, -0.05) is 17.7 Å². The van der Waals surface area contributed by atoms with E-state index in [1.54, 1.807) is 18.3 Å². The number of carbonyl (C=O) groups excluding carboxylic acids is 1. The Hall–Kier alpha value is -2.11. The number of pyridine rings is 1. The lowest BCUT2D eigenvalue weighted by molar-refractivity contribution is -0.142. The predicted octanol–water partition coefficient (Wildman–Crippen LogP) is 5.43. The third kappa shape index (κ3) is 3.66. The van der Waals surface area contributed by atoms with Crippen molar-refractivity contribution in [1.82, 2.24) is 4.98 Å². The first-order valence-corrected chi connectivity index (χ1v) is 10.3. The molecular weight excluding hydrogens is 382 g/mol. The predicted molar refractivity (Wildman–Crippen MR) is 108 cm³/mol. The number of rotatable bonds is 5. The summed E-state index contributed by atoms with van der Waals surface area (Å²) in [6.07, 6.45) is 2.08. The van der Waals surface area contributed by atoms with Gasteiger partial charge in [0.1, 0.15) is 11.9 Å². The van der Waals surface area contributed by atoms with E-state index in [4.69, 9.17) is 21.1 Å². The molecule has 27 heavy (non-hydrogen) atoms. The number of hydrogen-bond donors (Lipinski definition) is 0. The number of ether oxygens (including phenoxy) is 2. The van der Waals surface area contributed by atoms with Gasteiger partial charge < -0.3 is 9.47 Å². The maximum absolute atomic E-state index is 11.8. The Bertz CT molecular complexity index is 1010. The summed E-state index contributed by atoms with van der Waals surface area (Å²) < 4.78 is 12.3. The van der Waals surface area contributed by atoms with Gasteiger partial charge in [-0.3, -0.25) is 9.78 Å². The van der Waals surface area contributed by atoms with Gasteiger partial charge in [0.2, 0.25) is 0 Å². The highest BCUT2D eigenvalue weighted by atomic mass is 35.5. The van der Waals surface area contributed by atoms with Crippen LogP contribution in [0.3, 0.4) is 0 Å². The molecule has 4 rings (SSSR count). The first-order valence-electron chi connectivity index (χ1n) is 9.03. The van der Waals surface area contributed by atoms with E-state index in [0.29, 0.717) is 11.6 Å². The van der Waals surface area contributed by atoms with E-state index >= 15 is 0 Å². The highest BCUT2D eigenvalue weighted by Crippen LogP contribution is 2.39. The fraction of sp³-hybridized carbons (Fsp3) is 0.333. The van der Waals surface area contributed by atoms with E-state index in [2.05, 4.69) is 11.1 Å². The quantitative estimate of drug-likeness (QED) is 0.535. The number of carbonyl (C=O) groups is 1. The third-order valence-corrected chi connectivity index (χ3v) is 6.01. The van der Waals surface area contributed by atoms with Gasteiger partial charge in [0.25, 0.3) is 0 Å². The van der Waals surface area contributed by atoms with Crippen molar-refractivity contribution in [3.63, 3.8) is 0 Å². The molecule has 1 atom stereocenters. The van der Waals surface area contributed by atoms with Crippen LogP contribution in [-0.2, 0) is 22.4 Å². The lowest BCUT2D eigenvalue weighted by Gasteiger charge is -2.15. The van der Waals surface area contributed by atoms with Crippen molar-refractivity contribution in [2.75, 3.05) is 6.61 Å². The molecule has 0 bridgehead atoms. The average Bonchev–Trinajstić information content (AvgIpc) is 3.19. The second-order valence-electron chi connectivity index (χ2n) is 6.65. The summed E-state index contributed by atoms with van der Waals surface area (Å²) in [7, 11) is 0. The molecule has 1 aliphatic carbocycles. The van der Waals surface area contributed by atoms with Crippen molar-refractivity contribution < 1.29 is 14.3 Å². The van der Waals surface area contributed by atoms with Crippen LogP contribution in [0, 0.1) is 6.92 Å². The van der Waals surface area contributed by atoms with Crippen LogP contribution in [0.25, 0.3) is 10.1 Å². The van der Waals surface area contributed by atoms with Gasteiger partial charge in [-0.05, 0) is 55.8 Å². The molecule has 0 saturated heterocycles. The molecule has 4 nitrogen and oxygen atoms in total. The zero-order valence-corrected chi connectivity index (χ0v) is 16.8. The second kappa shape index (κ2) is 7.49. The number of nitrogens with zero attached hydrogens (tertiary/aromatic N) is 1. The highest BCUT2D eigenvalue weighted by molar-refractivity contribution is 7.17. The largest absolute Gasteiger partial charge is 0.486 e. The van der Waals surface area contributed by atoms with E-state index in [0.717, 1.165) is 51.2 Å². The maximum Gasteiger partial charge on any atom is 0.310 e. The lowest BCUT2D eigenvalue weighted by atomic mass is 10.1. The van der Waals surface area contributed by atoms with Gasteiger partial charge in [-0.15, -0.1) is 11.3 Å². The molecule has 1 aromatic carbocycles. The van der Waals surface area contributed by atoms with Crippen LogP contribution < -0.4 is 4.74 Å². The summed E-state index contributed by atoms with van der Waals surface area (Å²) in [6.45, 7) is 4.19. The van der Waals surface area contributed by atoms with Crippen molar-refractivity contribution in [2.24, 2.45) is 0 Å². The summed E-state index contributed by atoms with van der Waals surface area (Å²) in [4.78, 5) is 16.4. The number of fused-ring (bicyclic) bond motifs is 2. The second-order valence-corrected chi connectivity index (χ2v) is 7.97. The van der Waals surface area contributed by atoms with Gasteiger partial charge in [-0.2, -0.15) is 0 Å². The zero-order valence-electron chi connectivity index (χ0n) is 15.3. The van der Waals surface area contributed by atoms with Gasteiger partial charge >= 0.3 is 5.97 Å². The summed E-state index contributed by atoms with van der Waals surface area (Å²) >= 11 is 8.10. The highest BCUT2D eigenvalue weighted by Gasteiger charge is 2.26. The Balaban J connectivity index is 1.59. The number of aromatic nitrogens is 1. The fourth-order valence-corrected chi connectivity index (χ4v) is 4.95. The van der Waals surface area contributed by atoms with Crippen LogP contribution in [0.4, 0.5) is 0 Å². The van der Waals surface area contributed by atoms with Crippen LogP contribution in [0.2, 0.25) is 5.02 Å². The summed E-state index contributed by atoms with van der Waals surface area (Å²) in [5.74, 6) is 0.509. The van der Waals surface area contributed by atoms with E-state index in [9.17, 15) is 4.79 Å². The molecule has 6 heteroatoms. The van der Waals surface area contributed by atoms with E-state index in [1.165, 1.54) is 0 Å². The van der Waals surface area contributed by atoms with Crippen LogP contribution in [0.15, 0.2) is 29.6 Å². The standard InChI is InChI=1S/C21H20ClNO3S/c1-3-25-20(24)8-13-11-27-19-10-14(9-16(22)21(13)19)26-18-7-6-17-15(18)5-4-12(2)23-17/h4-5,9-11,18H,3,6-8H2,1-2H3. The van der Waals surface area contributed by atoms with Gasteiger partial charge in [0.05, 0.1) is 18.1 Å². The molecular formula is C21H20ClNO3S. The van der Waals surface area contributed by atoms with Gasteiger partial charge in [0, 0.05) is 27.0 Å². The van der Waals surface area contributed by atoms with Crippen molar-refractivity contribution >= 4 is 39.0 Å². The minimum absolute atomic E-state index is 0.000538. The molecule has 0 spiro atoms. The number of hydrogen-bond acceptors (Lipinski definition) is 5. The molecule has 2 aromatic heterocycles. The molecule has 1 aliphatic rings. The summed E-state index contributed by atoms with van der Waals surface area (Å²) in [5.41, 5.74) is 4.22. The minimum Gasteiger partial charge on any atom is -0.486 e. The fourth-order valence-electron chi connectivity index (χ4n) is 3.55. The Morgan fingerprint density at radius 1 is 1.37 bits per heavy atom. The van der Waals surface area contributed by atoms with E-state index < -0.39 is 0 Å². The molecule has 0 aliphatic heterocycles. The molecule has 0 saturated carbocycles. The van der Waals surface area contributed by atoms with Crippen LogP contribution in [-0.4, -0.2) is 17.6 Å². The van der Waals surface area contributed by atoms with E-state index in [-0.39, 0.29) is 18.5 Å². The number of thiophene rings is 1. The van der Waals surface area contributed by atoms with Crippen molar-refractivity contribution in [2.45, 2.75) is 39.2 Å². The number of benzene rings is 1.